The Kier molecular flexibility index (Phi) is 2.39. The maximum Gasteiger partial charge on any atom is 0.309 e. The first kappa shape index (κ1) is 10.0. The number of hydrogen-bond donors (Lipinski definition) is 2. The second-order valence-corrected chi connectivity index (χ2v) is 4.29. The smallest absolute Gasteiger partial charge is 0.309 e. The van der Waals surface area contributed by atoms with Crippen LogP contribution in [0.2, 0.25) is 0 Å². The Balaban J connectivity index is 2.17. The molecule has 0 bridgehead atoms. The molecule has 0 aromatic heterocycles. The van der Waals surface area contributed by atoms with Crippen molar-refractivity contribution in [3.63, 3.8) is 0 Å². The lowest BCUT2D eigenvalue weighted by atomic mass is 9.65. The van der Waals surface area contributed by atoms with Crippen molar-refractivity contribution in [2.24, 2.45) is 5.41 Å². The van der Waals surface area contributed by atoms with Gasteiger partial charge in [0, 0.05) is 0 Å². The fraction of sp³-hybridized carbons (Fsp3) is 0.417. The monoisotopic (exact) mass is 206 g/mol. The number of aromatic hydroxyl groups is 1. The van der Waals surface area contributed by atoms with Gasteiger partial charge in [-0.25, -0.2) is 0 Å². The zero-order chi connectivity index (χ0) is 10.9. The van der Waals surface area contributed by atoms with E-state index in [2.05, 4.69) is 0 Å². The Bertz CT molecular complexity index is 380. The summed E-state index contributed by atoms with van der Waals surface area (Å²) in [6.45, 7) is 0. The number of phenolic OH excluding ortho intramolecular Hbond substituents is 1. The van der Waals surface area contributed by atoms with Crippen LogP contribution >= 0.6 is 0 Å². The molecule has 0 saturated heterocycles. The molecule has 0 spiro atoms. The van der Waals surface area contributed by atoms with Gasteiger partial charge in [0.25, 0.3) is 0 Å². The van der Waals surface area contributed by atoms with E-state index in [0.717, 1.165) is 24.8 Å². The van der Waals surface area contributed by atoms with Gasteiger partial charge in [-0.3, -0.25) is 4.79 Å². The quantitative estimate of drug-likeness (QED) is 0.797. The second kappa shape index (κ2) is 3.57. The van der Waals surface area contributed by atoms with E-state index in [1.807, 2.05) is 6.07 Å². The molecule has 1 aromatic carbocycles. The van der Waals surface area contributed by atoms with E-state index in [9.17, 15) is 9.90 Å². The predicted molar refractivity (Wildman–Crippen MR) is 55.7 cm³/mol. The molecule has 3 heteroatoms. The van der Waals surface area contributed by atoms with Gasteiger partial charge < -0.3 is 10.2 Å². The van der Waals surface area contributed by atoms with Crippen LogP contribution in [0.3, 0.4) is 0 Å². The van der Waals surface area contributed by atoms with Crippen LogP contribution in [0.4, 0.5) is 0 Å². The molecule has 0 atom stereocenters. The lowest BCUT2D eigenvalue weighted by molar-refractivity contribution is -0.154. The minimum absolute atomic E-state index is 0.201. The maximum atomic E-state index is 11.1. The fourth-order valence-corrected chi connectivity index (χ4v) is 2.13. The second-order valence-electron chi connectivity index (χ2n) is 4.29. The maximum absolute atomic E-state index is 11.1. The van der Waals surface area contributed by atoms with Crippen molar-refractivity contribution in [1.82, 2.24) is 0 Å². The number of phenols is 1. The molecule has 2 N–H and O–H groups in total. The van der Waals surface area contributed by atoms with Crippen molar-refractivity contribution in [3.8, 4) is 5.75 Å². The summed E-state index contributed by atoms with van der Waals surface area (Å²) < 4.78 is 0. The van der Waals surface area contributed by atoms with Gasteiger partial charge >= 0.3 is 5.97 Å². The first-order valence-electron chi connectivity index (χ1n) is 5.14. The average molecular weight is 206 g/mol. The molecule has 0 amide bonds. The number of rotatable bonds is 3. The first-order chi connectivity index (χ1) is 7.12. The zero-order valence-electron chi connectivity index (χ0n) is 8.44. The molecular formula is C12H14O3. The molecule has 0 unspecified atom stereocenters. The molecule has 1 aliphatic carbocycles. The number of hydrogen-bond acceptors (Lipinski definition) is 2. The van der Waals surface area contributed by atoms with E-state index in [4.69, 9.17) is 5.11 Å². The molecule has 0 radical (unpaired) electrons. The minimum atomic E-state index is -0.711. The van der Waals surface area contributed by atoms with Gasteiger partial charge in [-0.15, -0.1) is 0 Å². The molecule has 0 aliphatic heterocycles. The molecule has 1 saturated carbocycles. The number of aliphatic carboxylic acids is 1. The van der Waals surface area contributed by atoms with Crippen LogP contribution in [0.1, 0.15) is 24.8 Å². The SMILES string of the molecule is O=C(O)C1(Cc2cccc(O)c2)CCC1. The highest BCUT2D eigenvalue weighted by Gasteiger charge is 2.44. The van der Waals surface area contributed by atoms with Crippen molar-refractivity contribution >= 4 is 5.97 Å². The summed E-state index contributed by atoms with van der Waals surface area (Å²) in [4.78, 5) is 11.1. The minimum Gasteiger partial charge on any atom is -0.508 e. The van der Waals surface area contributed by atoms with Crippen molar-refractivity contribution < 1.29 is 15.0 Å². The van der Waals surface area contributed by atoms with Gasteiger partial charge in [-0.05, 0) is 37.0 Å². The van der Waals surface area contributed by atoms with E-state index in [1.165, 1.54) is 0 Å². The van der Waals surface area contributed by atoms with Crippen LogP contribution in [0, 0.1) is 5.41 Å². The van der Waals surface area contributed by atoms with Crippen LogP contribution in [0.25, 0.3) is 0 Å². The van der Waals surface area contributed by atoms with E-state index in [0.29, 0.717) is 6.42 Å². The van der Waals surface area contributed by atoms with Gasteiger partial charge in [0.05, 0.1) is 5.41 Å². The highest BCUT2D eigenvalue weighted by Crippen LogP contribution is 2.44. The van der Waals surface area contributed by atoms with Crippen LogP contribution in [-0.2, 0) is 11.2 Å². The summed E-state index contributed by atoms with van der Waals surface area (Å²) in [5.74, 6) is -0.510. The molecule has 0 heterocycles. The Morgan fingerprint density at radius 1 is 1.40 bits per heavy atom. The number of carboxylic acids is 1. The Labute approximate surface area is 88.4 Å². The van der Waals surface area contributed by atoms with Crippen molar-refractivity contribution in [2.75, 3.05) is 0 Å². The number of benzene rings is 1. The summed E-state index contributed by atoms with van der Waals surface area (Å²) in [5, 5.41) is 18.4. The molecule has 1 aromatic rings. The molecule has 2 rings (SSSR count). The first-order valence-corrected chi connectivity index (χ1v) is 5.14. The van der Waals surface area contributed by atoms with E-state index >= 15 is 0 Å². The molecule has 1 aliphatic rings. The Morgan fingerprint density at radius 3 is 2.60 bits per heavy atom. The lowest BCUT2D eigenvalue weighted by Gasteiger charge is -2.37. The summed E-state index contributed by atoms with van der Waals surface area (Å²) >= 11 is 0. The summed E-state index contributed by atoms with van der Waals surface area (Å²) in [7, 11) is 0. The van der Waals surface area contributed by atoms with E-state index < -0.39 is 11.4 Å². The predicted octanol–water partition coefficient (Wildman–Crippen LogP) is 2.19. The molecular weight excluding hydrogens is 192 g/mol. The average Bonchev–Trinajstić information content (AvgIpc) is 2.11. The van der Waals surface area contributed by atoms with Crippen molar-refractivity contribution in [2.45, 2.75) is 25.7 Å². The van der Waals surface area contributed by atoms with Gasteiger partial charge in [-0.2, -0.15) is 0 Å². The lowest BCUT2D eigenvalue weighted by Crippen LogP contribution is -2.39. The summed E-state index contributed by atoms with van der Waals surface area (Å²) in [6, 6.07) is 6.85. The third kappa shape index (κ3) is 1.82. The molecule has 15 heavy (non-hydrogen) atoms. The van der Waals surface area contributed by atoms with Crippen LogP contribution in [0.5, 0.6) is 5.75 Å². The van der Waals surface area contributed by atoms with Gasteiger partial charge in [-0.1, -0.05) is 18.6 Å². The Morgan fingerprint density at radius 2 is 2.13 bits per heavy atom. The highest BCUT2D eigenvalue weighted by atomic mass is 16.4. The van der Waals surface area contributed by atoms with Crippen LogP contribution < -0.4 is 0 Å². The van der Waals surface area contributed by atoms with E-state index in [-0.39, 0.29) is 5.75 Å². The number of carbonyl (C=O) groups is 1. The third-order valence-corrected chi connectivity index (χ3v) is 3.22. The summed E-state index contributed by atoms with van der Waals surface area (Å²) in [6.07, 6.45) is 3.01. The highest BCUT2D eigenvalue weighted by molar-refractivity contribution is 5.76. The largest absolute Gasteiger partial charge is 0.508 e. The zero-order valence-corrected chi connectivity index (χ0v) is 8.44. The fourth-order valence-electron chi connectivity index (χ4n) is 2.13. The van der Waals surface area contributed by atoms with Crippen LogP contribution in [0.15, 0.2) is 24.3 Å². The van der Waals surface area contributed by atoms with E-state index in [1.54, 1.807) is 18.2 Å². The van der Waals surface area contributed by atoms with Gasteiger partial charge in [0.2, 0.25) is 0 Å². The van der Waals surface area contributed by atoms with Crippen LogP contribution in [-0.4, -0.2) is 16.2 Å². The molecule has 1 fully saturated rings. The molecule has 3 nitrogen and oxygen atoms in total. The molecule has 80 valence electrons. The van der Waals surface area contributed by atoms with Crippen molar-refractivity contribution in [1.29, 1.82) is 0 Å². The van der Waals surface area contributed by atoms with Crippen molar-refractivity contribution in [3.05, 3.63) is 29.8 Å². The summed E-state index contributed by atoms with van der Waals surface area (Å²) in [5.41, 5.74) is 0.324. The third-order valence-electron chi connectivity index (χ3n) is 3.22. The van der Waals surface area contributed by atoms with Gasteiger partial charge in [0.1, 0.15) is 5.75 Å². The normalized spacial score (nSPS) is 18.1. The number of carboxylic acid groups (broad SMARTS) is 1. The Hall–Kier alpha value is -1.51. The van der Waals surface area contributed by atoms with Gasteiger partial charge in [0.15, 0.2) is 0 Å². The standard InChI is InChI=1S/C12H14O3/c13-10-4-1-3-9(7-10)8-12(11(14)15)5-2-6-12/h1,3-4,7,13H,2,5-6,8H2,(H,14,15). The topological polar surface area (TPSA) is 57.5 Å².